The maximum atomic E-state index is 13.4. The van der Waals surface area contributed by atoms with Gasteiger partial charge in [0.2, 0.25) is 0 Å². The molecule has 0 radical (unpaired) electrons. The smallest absolute Gasteiger partial charge is 0.134 e. The van der Waals surface area contributed by atoms with Crippen LogP contribution in [0.3, 0.4) is 0 Å². The van der Waals surface area contributed by atoms with Crippen molar-refractivity contribution in [2.45, 2.75) is 19.4 Å². The quantitative estimate of drug-likeness (QED) is 0.766. The van der Waals surface area contributed by atoms with Crippen LogP contribution in [-0.2, 0) is 0 Å². The highest BCUT2D eigenvalue weighted by molar-refractivity contribution is 5.36. The number of alkyl halides is 1. The van der Waals surface area contributed by atoms with Gasteiger partial charge in [-0.2, -0.15) is 0 Å². The number of halogens is 3. The Kier molecular flexibility index (Phi) is 4.61. The van der Waals surface area contributed by atoms with Crippen LogP contribution in [0.4, 0.5) is 13.2 Å². The van der Waals surface area contributed by atoms with Crippen molar-refractivity contribution in [1.82, 2.24) is 5.32 Å². The Bertz CT molecular complexity index is 334. The fourth-order valence-corrected chi connectivity index (χ4v) is 1.49. The first kappa shape index (κ1) is 12.8. The minimum Gasteiger partial charge on any atom is -0.507 e. The van der Waals surface area contributed by atoms with Gasteiger partial charge in [-0.05, 0) is 19.9 Å². The Morgan fingerprint density at radius 1 is 1.38 bits per heavy atom. The Balaban J connectivity index is 2.78. The van der Waals surface area contributed by atoms with Crippen LogP contribution in [-0.4, -0.2) is 18.3 Å². The summed E-state index contributed by atoms with van der Waals surface area (Å²) >= 11 is 0. The SMILES string of the molecule is CC(NCCCF)c1c(O)cc(F)cc1F. The van der Waals surface area contributed by atoms with E-state index in [1.165, 1.54) is 0 Å². The Morgan fingerprint density at radius 3 is 2.62 bits per heavy atom. The van der Waals surface area contributed by atoms with Crippen molar-refractivity contribution in [3.63, 3.8) is 0 Å². The molecular weight excluding hydrogens is 219 g/mol. The number of rotatable bonds is 5. The van der Waals surface area contributed by atoms with E-state index in [1.807, 2.05) is 0 Å². The minimum atomic E-state index is -0.824. The van der Waals surface area contributed by atoms with Crippen molar-refractivity contribution >= 4 is 0 Å². The van der Waals surface area contributed by atoms with Crippen LogP contribution < -0.4 is 5.32 Å². The largest absolute Gasteiger partial charge is 0.507 e. The molecule has 2 N–H and O–H groups in total. The third kappa shape index (κ3) is 3.13. The molecule has 1 rings (SSSR count). The standard InChI is InChI=1S/C11H14F3NO/c1-7(15-4-2-3-12)11-9(14)5-8(13)6-10(11)16/h5-7,15-16H,2-4H2,1H3. The number of phenolic OH excluding ortho intramolecular Hbond substituents is 1. The summed E-state index contributed by atoms with van der Waals surface area (Å²) in [5.41, 5.74) is 0.000239. The molecule has 1 atom stereocenters. The first-order valence-electron chi connectivity index (χ1n) is 5.03. The van der Waals surface area contributed by atoms with Crippen LogP contribution in [0, 0.1) is 11.6 Å². The van der Waals surface area contributed by atoms with E-state index in [0.29, 0.717) is 19.0 Å². The average molecular weight is 233 g/mol. The second kappa shape index (κ2) is 5.75. The highest BCUT2D eigenvalue weighted by Crippen LogP contribution is 2.27. The van der Waals surface area contributed by atoms with Crippen molar-refractivity contribution in [1.29, 1.82) is 0 Å². The maximum Gasteiger partial charge on any atom is 0.134 e. The molecule has 0 amide bonds. The van der Waals surface area contributed by atoms with Crippen LogP contribution in [0.1, 0.15) is 24.9 Å². The van der Waals surface area contributed by atoms with Crippen molar-refractivity contribution < 1.29 is 18.3 Å². The van der Waals surface area contributed by atoms with E-state index in [-0.39, 0.29) is 5.56 Å². The lowest BCUT2D eigenvalue weighted by Crippen LogP contribution is -2.21. The molecule has 0 spiro atoms. The highest BCUT2D eigenvalue weighted by atomic mass is 19.1. The topological polar surface area (TPSA) is 32.3 Å². The summed E-state index contributed by atoms with van der Waals surface area (Å²) in [4.78, 5) is 0. The molecule has 0 heterocycles. The normalized spacial score (nSPS) is 12.8. The van der Waals surface area contributed by atoms with Crippen LogP contribution >= 0.6 is 0 Å². The lowest BCUT2D eigenvalue weighted by Gasteiger charge is -2.16. The molecule has 2 nitrogen and oxygen atoms in total. The van der Waals surface area contributed by atoms with E-state index < -0.39 is 30.1 Å². The summed E-state index contributed by atoms with van der Waals surface area (Å²) < 4.78 is 37.9. The summed E-state index contributed by atoms with van der Waals surface area (Å²) in [5.74, 6) is -2.06. The van der Waals surface area contributed by atoms with Gasteiger partial charge in [-0.1, -0.05) is 0 Å². The van der Waals surface area contributed by atoms with Gasteiger partial charge in [0.25, 0.3) is 0 Å². The van der Waals surface area contributed by atoms with Gasteiger partial charge >= 0.3 is 0 Å². The molecule has 1 aromatic carbocycles. The third-order valence-corrected chi connectivity index (χ3v) is 2.27. The predicted octanol–water partition coefficient (Wildman–Crippen LogP) is 2.68. The lowest BCUT2D eigenvalue weighted by molar-refractivity contribution is 0.416. The summed E-state index contributed by atoms with van der Waals surface area (Å²) in [5, 5.41) is 12.2. The summed E-state index contributed by atoms with van der Waals surface area (Å²) in [6.07, 6.45) is 0.313. The van der Waals surface area contributed by atoms with Gasteiger partial charge in [0.1, 0.15) is 17.4 Å². The molecule has 0 aliphatic carbocycles. The monoisotopic (exact) mass is 233 g/mol. The van der Waals surface area contributed by atoms with E-state index in [0.717, 1.165) is 6.07 Å². The first-order chi connectivity index (χ1) is 7.56. The second-order valence-electron chi connectivity index (χ2n) is 3.54. The molecule has 1 unspecified atom stereocenters. The number of hydrogen-bond donors (Lipinski definition) is 2. The van der Waals surface area contributed by atoms with E-state index >= 15 is 0 Å². The number of nitrogens with one attached hydrogen (secondary N) is 1. The number of hydrogen-bond acceptors (Lipinski definition) is 2. The third-order valence-electron chi connectivity index (χ3n) is 2.27. The lowest BCUT2D eigenvalue weighted by atomic mass is 10.1. The van der Waals surface area contributed by atoms with Gasteiger partial charge in [0, 0.05) is 23.7 Å². The summed E-state index contributed by atoms with van der Waals surface area (Å²) in [6.45, 7) is 1.53. The molecule has 5 heteroatoms. The molecule has 1 aromatic rings. The van der Waals surface area contributed by atoms with E-state index in [9.17, 15) is 18.3 Å². The van der Waals surface area contributed by atoms with Gasteiger partial charge in [0.05, 0.1) is 6.67 Å². The molecule has 0 bridgehead atoms. The van der Waals surface area contributed by atoms with Gasteiger partial charge in [0.15, 0.2) is 0 Å². The Labute approximate surface area is 92.1 Å². The first-order valence-corrected chi connectivity index (χ1v) is 5.03. The fraction of sp³-hybridized carbons (Fsp3) is 0.455. The van der Waals surface area contributed by atoms with Crippen LogP contribution in [0.5, 0.6) is 5.75 Å². The molecule has 90 valence electrons. The average Bonchev–Trinajstić information content (AvgIpc) is 2.16. The highest BCUT2D eigenvalue weighted by Gasteiger charge is 2.16. The van der Waals surface area contributed by atoms with E-state index in [4.69, 9.17) is 0 Å². The zero-order valence-electron chi connectivity index (χ0n) is 8.93. The molecule has 0 aliphatic rings. The molecule has 0 saturated heterocycles. The zero-order chi connectivity index (χ0) is 12.1. The van der Waals surface area contributed by atoms with Crippen LogP contribution in [0.15, 0.2) is 12.1 Å². The van der Waals surface area contributed by atoms with Gasteiger partial charge in [-0.3, -0.25) is 4.39 Å². The van der Waals surface area contributed by atoms with Gasteiger partial charge < -0.3 is 10.4 Å². The molecule has 16 heavy (non-hydrogen) atoms. The Morgan fingerprint density at radius 2 is 2.06 bits per heavy atom. The number of aromatic hydroxyl groups is 1. The van der Waals surface area contributed by atoms with E-state index in [2.05, 4.69) is 5.32 Å². The van der Waals surface area contributed by atoms with Crippen molar-refractivity contribution in [3.8, 4) is 5.75 Å². The Hall–Kier alpha value is -1.23. The van der Waals surface area contributed by atoms with E-state index in [1.54, 1.807) is 6.92 Å². The van der Waals surface area contributed by atoms with Crippen molar-refractivity contribution in [3.05, 3.63) is 29.3 Å². The summed E-state index contributed by atoms with van der Waals surface area (Å²) in [6, 6.07) is 1.07. The number of phenols is 1. The second-order valence-corrected chi connectivity index (χ2v) is 3.54. The zero-order valence-corrected chi connectivity index (χ0v) is 8.93. The van der Waals surface area contributed by atoms with Gasteiger partial charge in [-0.15, -0.1) is 0 Å². The van der Waals surface area contributed by atoms with Crippen molar-refractivity contribution in [2.24, 2.45) is 0 Å². The minimum absolute atomic E-state index is 0.000239. The van der Waals surface area contributed by atoms with Gasteiger partial charge in [-0.25, -0.2) is 8.78 Å². The van der Waals surface area contributed by atoms with Crippen LogP contribution in [0.2, 0.25) is 0 Å². The molecule has 0 fully saturated rings. The molecular formula is C11H14F3NO. The summed E-state index contributed by atoms with van der Waals surface area (Å²) in [7, 11) is 0. The van der Waals surface area contributed by atoms with Crippen molar-refractivity contribution in [2.75, 3.05) is 13.2 Å². The predicted molar refractivity (Wildman–Crippen MR) is 55.0 cm³/mol. The molecule has 0 aromatic heterocycles. The van der Waals surface area contributed by atoms with Crippen LogP contribution in [0.25, 0.3) is 0 Å². The molecule has 0 aliphatic heterocycles. The fourth-order valence-electron chi connectivity index (χ4n) is 1.49. The number of benzene rings is 1. The molecule has 0 saturated carbocycles. The maximum absolute atomic E-state index is 13.4.